The fourth-order valence-electron chi connectivity index (χ4n) is 7.44. The molecule has 4 fully saturated rings. The van der Waals surface area contributed by atoms with Gasteiger partial charge in [0.15, 0.2) is 0 Å². The van der Waals surface area contributed by atoms with Crippen LogP contribution in [0.2, 0.25) is 0 Å². The molecule has 1 N–H and O–H groups in total. The van der Waals surface area contributed by atoms with Crippen LogP contribution in [0.15, 0.2) is 0 Å². The van der Waals surface area contributed by atoms with Crippen molar-refractivity contribution < 1.29 is 0 Å². The van der Waals surface area contributed by atoms with Gasteiger partial charge in [0, 0.05) is 6.04 Å². The Morgan fingerprint density at radius 2 is 1.54 bits per heavy atom. The number of unbranched alkanes of at least 4 members (excludes halogenated alkanes) is 3. The van der Waals surface area contributed by atoms with Gasteiger partial charge in [-0.05, 0) is 75.3 Å². The van der Waals surface area contributed by atoms with Crippen molar-refractivity contribution in [1.82, 2.24) is 10.2 Å². The predicted octanol–water partition coefficient (Wildman–Crippen LogP) is 6.74. The Labute approximate surface area is 175 Å². The first kappa shape index (κ1) is 21.2. The molecular formula is C26H48N2. The third-order valence-corrected chi connectivity index (χ3v) is 9.01. The lowest BCUT2D eigenvalue weighted by atomic mass is 9.62. The molecule has 162 valence electrons. The minimum Gasteiger partial charge on any atom is -0.299 e. The molecule has 2 aliphatic heterocycles. The Morgan fingerprint density at radius 1 is 0.750 bits per heavy atom. The van der Waals surface area contributed by atoms with E-state index in [9.17, 15) is 0 Å². The molecule has 0 radical (unpaired) electrons. The van der Waals surface area contributed by atoms with Crippen LogP contribution in [0, 0.1) is 23.7 Å². The molecule has 4 aliphatic rings. The predicted molar refractivity (Wildman–Crippen MR) is 120 cm³/mol. The summed E-state index contributed by atoms with van der Waals surface area (Å²) in [6.45, 7) is 5.05. The monoisotopic (exact) mass is 388 g/mol. The van der Waals surface area contributed by atoms with E-state index in [2.05, 4.69) is 17.1 Å². The second-order valence-electron chi connectivity index (χ2n) is 10.9. The fraction of sp³-hybridized carbons (Fsp3) is 1.00. The van der Waals surface area contributed by atoms with Gasteiger partial charge in [-0.25, -0.2) is 0 Å². The van der Waals surface area contributed by atoms with Crippen LogP contribution in [0.1, 0.15) is 116 Å². The van der Waals surface area contributed by atoms with E-state index in [-0.39, 0.29) is 0 Å². The van der Waals surface area contributed by atoms with E-state index >= 15 is 0 Å². The standard InChI is InChI=1S/C26H48N2/c1-2-3-4-7-12-21-15-16-25-24(19-21)23(22-13-8-5-9-14-22)20-26(27-25)28-17-10-6-11-18-28/h21-27H,2-20H2,1H3. The smallest absolute Gasteiger partial charge is 0.0602 e. The summed E-state index contributed by atoms with van der Waals surface area (Å²) in [7, 11) is 0. The molecule has 2 aliphatic carbocycles. The molecule has 0 aromatic carbocycles. The van der Waals surface area contributed by atoms with Crippen molar-refractivity contribution in [3.8, 4) is 0 Å². The van der Waals surface area contributed by atoms with E-state index in [1.807, 2.05) is 0 Å². The lowest BCUT2D eigenvalue weighted by Crippen LogP contribution is -2.61. The van der Waals surface area contributed by atoms with Gasteiger partial charge < -0.3 is 0 Å². The maximum Gasteiger partial charge on any atom is 0.0602 e. The van der Waals surface area contributed by atoms with Gasteiger partial charge in [-0.3, -0.25) is 10.2 Å². The van der Waals surface area contributed by atoms with E-state index in [0.717, 1.165) is 29.7 Å². The Kier molecular flexibility index (Phi) is 8.16. The van der Waals surface area contributed by atoms with Crippen molar-refractivity contribution in [2.24, 2.45) is 23.7 Å². The zero-order valence-electron chi connectivity index (χ0n) is 18.8. The highest BCUT2D eigenvalue weighted by atomic mass is 15.3. The first-order valence-electron chi connectivity index (χ1n) is 13.3. The largest absolute Gasteiger partial charge is 0.299 e. The molecule has 0 spiro atoms. The molecule has 0 aromatic heterocycles. The summed E-state index contributed by atoms with van der Waals surface area (Å²) >= 11 is 0. The Balaban J connectivity index is 1.39. The molecule has 5 unspecified atom stereocenters. The van der Waals surface area contributed by atoms with Crippen LogP contribution in [0.4, 0.5) is 0 Å². The number of likely N-dealkylation sites (tertiary alicyclic amines) is 1. The number of piperidine rings is 2. The van der Waals surface area contributed by atoms with Crippen molar-refractivity contribution in [2.45, 2.75) is 128 Å². The van der Waals surface area contributed by atoms with Gasteiger partial charge in [0.05, 0.1) is 6.17 Å². The molecule has 28 heavy (non-hydrogen) atoms. The molecule has 2 heteroatoms. The third kappa shape index (κ3) is 5.34. The second kappa shape index (κ2) is 10.8. The molecular weight excluding hydrogens is 340 g/mol. The molecule has 0 bridgehead atoms. The van der Waals surface area contributed by atoms with Crippen LogP contribution in [-0.4, -0.2) is 30.2 Å². The third-order valence-electron chi connectivity index (χ3n) is 9.01. The average molecular weight is 389 g/mol. The van der Waals surface area contributed by atoms with Crippen molar-refractivity contribution in [3.05, 3.63) is 0 Å². The van der Waals surface area contributed by atoms with Gasteiger partial charge in [0.1, 0.15) is 0 Å². The van der Waals surface area contributed by atoms with Crippen LogP contribution in [-0.2, 0) is 0 Å². The molecule has 0 aromatic rings. The molecule has 2 saturated heterocycles. The Morgan fingerprint density at radius 3 is 2.32 bits per heavy atom. The molecule has 4 rings (SSSR count). The van der Waals surface area contributed by atoms with Crippen molar-refractivity contribution in [3.63, 3.8) is 0 Å². The highest BCUT2D eigenvalue weighted by molar-refractivity contribution is 4.98. The first-order valence-corrected chi connectivity index (χ1v) is 13.3. The summed E-state index contributed by atoms with van der Waals surface area (Å²) in [5, 5.41) is 4.22. The van der Waals surface area contributed by atoms with Gasteiger partial charge in [-0.1, -0.05) is 77.6 Å². The highest BCUT2D eigenvalue weighted by Crippen LogP contribution is 2.47. The van der Waals surface area contributed by atoms with E-state index < -0.39 is 0 Å². The molecule has 2 nitrogen and oxygen atoms in total. The average Bonchev–Trinajstić information content (AvgIpc) is 2.77. The van der Waals surface area contributed by atoms with Crippen molar-refractivity contribution >= 4 is 0 Å². The van der Waals surface area contributed by atoms with Crippen LogP contribution in [0.25, 0.3) is 0 Å². The SMILES string of the molecule is CCCCCCC1CCC2NC(N3CCCCC3)CC(C3CCCCC3)C2C1. The van der Waals surface area contributed by atoms with Crippen LogP contribution in [0.3, 0.4) is 0 Å². The number of nitrogens with zero attached hydrogens (tertiary/aromatic N) is 1. The van der Waals surface area contributed by atoms with E-state index in [1.54, 1.807) is 19.3 Å². The maximum absolute atomic E-state index is 4.22. The van der Waals surface area contributed by atoms with Gasteiger partial charge >= 0.3 is 0 Å². The number of rotatable bonds is 7. The molecule has 2 saturated carbocycles. The second-order valence-corrected chi connectivity index (χ2v) is 10.9. The van der Waals surface area contributed by atoms with Crippen LogP contribution >= 0.6 is 0 Å². The zero-order chi connectivity index (χ0) is 19.2. The van der Waals surface area contributed by atoms with Gasteiger partial charge in [0.2, 0.25) is 0 Å². The quantitative estimate of drug-likeness (QED) is 0.486. The van der Waals surface area contributed by atoms with Gasteiger partial charge in [-0.15, -0.1) is 0 Å². The number of hydrogen-bond donors (Lipinski definition) is 1. The summed E-state index contributed by atoms with van der Waals surface area (Å²) in [6.07, 6.45) is 26.0. The van der Waals surface area contributed by atoms with Crippen molar-refractivity contribution in [1.29, 1.82) is 0 Å². The fourth-order valence-corrected chi connectivity index (χ4v) is 7.44. The van der Waals surface area contributed by atoms with Crippen LogP contribution < -0.4 is 5.32 Å². The maximum atomic E-state index is 4.22. The first-order chi connectivity index (χ1) is 13.8. The Hall–Kier alpha value is -0.0800. The number of nitrogens with one attached hydrogen (secondary N) is 1. The summed E-state index contributed by atoms with van der Waals surface area (Å²) in [6, 6.07) is 0.833. The molecule has 0 amide bonds. The van der Waals surface area contributed by atoms with Crippen LogP contribution in [0.5, 0.6) is 0 Å². The zero-order valence-corrected chi connectivity index (χ0v) is 18.8. The number of hydrogen-bond acceptors (Lipinski definition) is 2. The number of fused-ring (bicyclic) bond motifs is 1. The molecule has 2 heterocycles. The summed E-state index contributed by atoms with van der Waals surface area (Å²) < 4.78 is 0. The topological polar surface area (TPSA) is 15.3 Å². The minimum atomic E-state index is 0.703. The van der Waals surface area contributed by atoms with Gasteiger partial charge in [0.25, 0.3) is 0 Å². The van der Waals surface area contributed by atoms with Gasteiger partial charge in [-0.2, -0.15) is 0 Å². The summed E-state index contributed by atoms with van der Waals surface area (Å²) in [5.74, 6) is 4.11. The minimum absolute atomic E-state index is 0.703. The lowest BCUT2D eigenvalue weighted by molar-refractivity contribution is -0.0162. The van der Waals surface area contributed by atoms with E-state index in [4.69, 9.17) is 0 Å². The summed E-state index contributed by atoms with van der Waals surface area (Å²) in [4.78, 5) is 2.84. The molecule has 5 atom stereocenters. The summed E-state index contributed by atoms with van der Waals surface area (Å²) in [5.41, 5.74) is 0. The van der Waals surface area contributed by atoms with E-state index in [1.165, 1.54) is 103 Å². The normalized spacial score (nSPS) is 38.2. The Bertz CT molecular complexity index is 438. The van der Waals surface area contributed by atoms with E-state index in [0.29, 0.717) is 6.17 Å². The highest BCUT2D eigenvalue weighted by Gasteiger charge is 2.45. The lowest BCUT2D eigenvalue weighted by Gasteiger charge is -2.53. The van der Waals surface area contributed by atoms with Crippen molar-refractivity contribution in [2.75, 3.05) is 13.1 Å².